The standard InChI is InChI=1S/C16H26N4O2S.HI/c1-4-13-6-7-14(23-13)12-18-15(17-3)19-8-10-20(11-9-19)16(21)22-5-2;/h6-7H,4-5,8-12H2,1-3H3,(H,17,18);1H. The molecule has 1 aromatic rings. The van der Waals surface area contributed by atoms with E-state index in [4.69, 9.17) is 4.74 Å². The first-order valence-electron chi connectivity index (χ1n) is 8.12. The number of piperazine rings is 1. The van der Waals surface area contributed by atoms with Crippen LogP contribution in [0.5, 0.6) is 0 Å². The first-order valence-corrected chi connectivity index (χ1v) is 8.94. The molecule has 2 heterocycles. The molecule has 1 N–H and O–H groups in total. The zero-order chi connectivity index (χ0) is 16.7. The molecule has 1 aromatic heterocycles. The summed E-state index contributed by atoms with van der Waals surface area (Å²) in [6, 6.07) is 4.35. The second-order valence-corrected chi connectivity index (χ2v) is 6.55. The number of ether oxygens (including phenoxy) is 1. The Morgan fingerprint density at radius 1 is 1.21 bits per heavy atom. The predicted molar refractivity (Wildman–Crippen MR) is 109 cm³/mol. The molecule has 2 rings (SSSR count). The second-order valence-electron chi connectivity index (χ2n) is 5.30. The van der Waals surface area contributed by atoms with Crippen LogP contribution in [0.3, 0.4) is 0 Å². The van der Waals surface area contributed by atoms with Crippen molar-refractivity contribution in [1.82, 2.24) is 15.1 Å². The molecule has 8 heteroatoms. The molecule has 24 heavy (non-hydrogen) atoms. The maximum atomic E-state index is 11.7. The molecule has 0 saturated carbocycles. The maximum absolute atomic E-state index is 11.7. The molecule has 6 nitrogen and oxygen atoms in total. The molecule has 1 aliphatic heterocycles. The monoisotopic (exact) mass is 466 g/mol. The summed E-state index contributed by atoms with van der Waals surface area (Å²) in [7, 11) is 1.80. The molecular weight excluding hydrogens is 439 g/mol. The van der Waals surface area contributed by atoms with E-state index < -0.39 is 0 Å². The highest BCUT2D eigenvalue weighted by atomic mass is 127. The minimum atomic E-state index is -0.222. The Morgan fingerprint density at radius 2 is 1.83 bits per heavy atom. The first-order chi connectivity index (χ1) is 11.2. The highest BCUT2D eigenvalue weighted by Crippen LogP contribution is 2.16. The Bertz CT molecular complexity index is 542. The van der Waals surface area contributed by atoms with Gasteiger partial charge in [-0.25, -0.2) is 4.79 Å². The number of rotatable bonds is 4. The Labute approximate surface area is 165 Å². The summed E-state index contributed by atoms with van der Waals surface area (Å²) in [4.78, 5) is 22.7. The van der Waals surface area contributed by atoms with Gasteiger partial charge in [0.25, 0.3) is 0 Å². The summed E-state index contributed by atoms with van der Waals surface area (Å²) in [5.41, 5.74) is 0. The van der Waals surface area contributed by atoms with Crippen molar-refractivity contribution in [3.05, 3.63) is 21.9 Å². The van der Waals surface area contributed by atoms with E-state index in [2.05, 4.69) is 34.3 Å². The van der Waals surface area contributed by atoms with Gasteiger partial charge in [0.2, 0.25) is 0 Å². The van der Waals surface area contributed by atoms with E-state index in [0.717, 1.165) is 32.0 Å². The van der Waals surface area contributed by atoms with Crippen molar-refractivity contribution >= 4 is 47.4 Å². The van der Waals surface area contributed by atoms with Crippen molar-refractivity contribution in [2.45, 2.75) is 26.8 Å². The number of halogens is 1. The van der Waals surface area contributed by atoms with E-state index in [-0.39, 0.29) is 30.1 Å². The van der Waals surface area contributed by atoms with Crippen molar-refractivity contribution < 1.29 is 9.53 Å². The topological polar surface area (TPSA) is 57.2 Å². The normalized spacial score (nSPS) is 15.0. The van der Waals surface area contributed by atoms with Crippen LogP contribution in [-0.4, -0.2) is 61.7 Å². The summed E-state index contributed by atoms with van der Waals surface area (Å²) in [5.74, 6) is 0.889. The molecule has 0 unspecified atom stereocenters. The van der Waals surface area contributed by atoms with Crippen molar-refractivity contribution in [3.8, 4) is 0 Å². The lowest BCUT2D eigenvalue weighted by Gasteiger charge is -2.35. The molecule has 0 spiro atoms. The van der Waals surface area contributed by atoms with Gasteiger partial charge in [-0.1, -0.05) is 6.92 Å². The van der Waals surface area contributed by atoms with Gasteiger partial charge in [-0.05, 0) is 25.5 Å². The van der Waals surface area contributed by atoms with Gasteiger partial charge < -0.3 is 19.9 Å². The van der Waals surface area contributed by atoms with E-state index >= 15 is 0 Å². The van der Waals surface area contributed by atoms with Crippen LogP contribution in [0.15, 0.2) is 17.1 Å². The number of aliphatic imine (C=N–C) groups is 1. The predicted octanol–water partition coefficient (Wildman–Crippen LogP) is 2.78. The lowest BCUT2D eigenvalue weighted by Crippen LogP contribution is -2.53. The van der Waals surface area contributed by atoms with Crippen LogP contribution in [0.4, 0.5) is 4.79 Å². The Kier molecular flexibility index (Phi) is 9.42. The lowest BCUT2D eigenvalue weighted by atomic mass is 10.3. The third-order valence-corrected chi connectivity index (χ3v) is 5.03. The highest BCUT2D eigenvalue weighted by Gasteiger charge is 2.23. The average Bonchev–Trinajstić information content (AvgIpc) is 3.04. The van der Waals surface area contributed by atoms with Gasteiger partial charge in [-0.3, -0.25) is 4.99 Å². The summed E-state index contributed by atoms with van der Waals surface area (Å²) in [6.07, 6.45) is 0.857. The quantitative estimate of drug-likeness (QED) is 0.421. The van der Waals surface area contributed by atoms with Crippen molar-refractivity contribution in [2.24, 2.45) is 4.99 Å². The molecular formula is C16H27IN4O2S. The number of aryl methyl sites for hydroxylation is 1. The van der Waals surface area contributed by atoms with Gasteiger partial charge in [-0.2, -0.15) is 0 Å². The van der Waals surface area contributed by atoms with Gasteiger partial charge >= 0.3 is 6.09 Å². The summed E-state index contributed by atoms with van der Waals surface area (Å²) in [6.45, 7) is 8.07. The molecule has 136 valence electrons. The third-order valence-electron chi connectivity index (χ3n) is 3.80. The van der Waals surface area contributed by atoms with Crippen LogP contribution < -0.4 is 5.32 Å². The molecule has 0 aromatic carbocycles. The minimum Gasteiger partial charge on any atom is -0.450 e. The van der Waals surface area contributed by atoms with Crippen LogP contribution >= 0.6 is 35.3 Å². The number of amides is 1. The number of hydrogen-bond donors (Lipinski definition) is 1. The summed E-state index contributed by atoms with van der Waals surface area (Å²) >= 11 is 1.84. The molecule has 1 aliphatic rings. The zero-order valence-corrected chi connectivity index (χ0v) is 17.7. The number of hydrogen-bond acceptors (Lipinski definition) is 4. The number of thiophene rings is 1. The first kappa shape index (κ1) is 21.0. The molecule has 1 amide bonds. The number of nitrogens with one attached hydrogen (secondary N) is 1. The Hall–Kier alpha value is -1.03. The largest absolute Gasteiger partial charge is 0.450 e. The van der Waals surface area contributed by atoms with E-state index in [0.29, 0.717) is 19.7 Å². The molecule has 1 saturated heterocycles. The highest BCUT2D eigenvalue weighted by molar-refractivity contribution is 14.0. The van der Waals surface area contributed by atoms with Crippen LogP contribution in [0.1, 0.15) is 23.6 Å². The van der Waals surface area contributed by atoms with E-state index in [9.17, 15) is 4.79 Å². The van der Waals surface area contributed by atoms with Gasteiger partial charge in [0.05, 0.1) is 13.2 Å². The average molecular weight is 466 g/mol. The van der Waals surface area contributed by atoms with Crippen LogP contribution in [0, 0.1) is 0 Å². The van der Waals surface area contributed by atoms with Crippen LogP contribution in [-0.2, 0) is 17.7 Å². The van der Waals surface area contributed by atoms with Crippen LogP contribution in [0.25, 0.3) is 0 Å². The van der Waals surface area contributed by atoms with Crippen molar-refractivity contribution in [1.29, 1.82) is 0 Å². The molecule has 0 aliphatic carbocycles. The Balaban J connectivity index is 0.00000288. The smallest absolute Gasteiger partial charge is 0.409 e. The zero-order valence-electron chi connectivity index (χ0n) is 14.6. The number of carbonyl (C=O) groups excluding carboxylic acids is 1. The fraction of sp³-hybridized carbons (Fsp3) is 0.625. The SMILES string of the molecule is CCOC(=O)N1CCN(C(=NC)NCc2ccc(CC)s2)CC1.I. The van der Waals surface area contributed by atoms with Gasteiger partial charge in [0, 0.05) is 43.0 Å². The van der Waals surface area contributed by atoms with Crippen molar-refractivity contribution in [2.75, 3.05) is 39.8 Å². The molecule has 0 atom stereocenters. The number of carbonyl (C=O) groups is 1. The van der Waals surface area contributed by atoms with Gasteiger partial charge in [-0.15, -0.1) is 35.3 Å². The lowest BCUT2D eigenvalue weighted by molar-refractivity contribution is 0.0914. The van der Waals surface area contributed by atoms with Gasteiger partial charge in [0.15, 0.2) is 5.96 Å². The Morgan fingerprint density at radius 3 is 2.38 bits per heavy atom. The maximum Gasteiger partial charge on any atom is 0.409 e. The second kappa shape index (κ2) is 10.8. The van der Waals surface area contributed by atoms with Crippen molar-refractivity contribution in [3.63, 3.8) is 0 Å². The van der Waals surface area contributed by atoms with Gasteiger partial charge in [0.1, 0.15) is 0 Å². The molecule has 0 bridgehead atoms. The third kappa shape index (κ3) is 5.80. The fourth-order valence-corrected chi connectivity index (χ4v) is 3.42. The number of nitrogens with zero attached hydrogens (tertiary/aromatic N) is 3. The fourth-order valence-electron chi connectivity index (χ4n) is 2.52. The molecule has 1 fully saturated rings. The minimum absolute atomic E-state index is 0. The van der Waals surface area contributed by atoms with E-state index in [1.165, 1.54) is 9.75 Å². The van der Waals surface area contributed by atoms with Crippen LogP contribution in [0.2, 0.25) is 0 Å². The summed E-state index contributed by atoms with van der Waals surface area (Å²) < 4.78 is 5.05. The summed E-state index contributed by atoms with van der Waals surface area (Å²) in [5, 5.41) is 3.41. The number of guanidine groups is 1. The van der Waals surface area contributed by atoms with E-state index in [1.807, 2.05) is 18.3 Å². The van der Waals surface area contributed by atoms with E-state index in [1.54, 1.807) is 11.9 Å². The molecule has 0 radical (unpaired) electrons.